The number of nitrogens with zero attached hydrogens (tertiary/aromatic N) is 3. The number of rotatable bonds is 5. The van der Waals surface area contributed by atoms with Crippen LogP contribution in [0.2, 0.25) is 0 Å². The molecule has 0 fully saturated rings. The predicted molar refractivity (Wildman–Crippen MR) is 77.2 cm³/mol. The summed E-state index contributed by atoms with van der Waals surface area (Å²) in [5, 5.41) is 4.18. The summed E-state index contributed by atoms with van der Waals surface area (Å²) in [5.41, 5.74) is 1.36. The van der Waals surface area contributed by atoms with Gasteiger partial charge < -0.3 is 9.64 Å². The van der Waals surface area contributed by atoms with Crippen molar-refractivity contribution >= 4 is 11.9 Å². The first kappa shape index (κ1) is 14.8. The first-order chi connectivity index (χ1) is 10.1. The molecule has 110 valence electrons. The second kappa shape index (κ2) is 6.69. The quantitative estimate of drug-likeness (QED) is 0.782. The Hall–Kier alpha value is -2.63. The van der Waals surface area contributed by atoms with Crippen molar-refractivity contribution in [3.05, 3.63) is 48.3 Å². The van der Waals surface area contributed by atoms with Crippen LogP contribution in [0.4, 0.5) is 0 Å². The van der Waals surface area contributed by atoms with E-state index in [9.17, 15) is 9.59 Å². The first-order valence-corrected chi connectivity index (χ1v) is 6.54. The Morgan fingerprint density at radius 3 is 2.67 bits per heavy atom. The molecule has 1 heterocycles. The normalized spacial score (nSPS) is 10.2. The molecule has 0 atom stereocenters. The number of ether oxygens (including phenoxy) is 1. The van der Waals surface area contributed by atoms with E-state index in [1.165, 1.54) is 18.2 Å². The highest BCUT2D eigenvalue weighted by Crippen LogP contribution is 2.09. The maximum absolute atomic E-state index is 12.2. The molecule has 0 saturated heterocycles. The Kier molecular flexibility index (Phi) is 4.71. The van der Waals surface area contributed by atoms with E-state index in [0.717, 1.165) is 5.69 Å². The van der Waals surface area contributed by atoms with Gasteiger partial charge in [-0.3, -0.25) is 9.59 Å². The van der Waals surface area contributed by atoms with Crippen molar-refractivity contribution in [1.29, 1.82) is 0 Å². The molecular formula is C15H17N3O3. The molecule has 0 aliphatic rings. The fourth-order valence-corrected chi connectivity index (χ4v) is 1.84. The fourth-order valence-electron chi connectivity index (χ4n) is 1.84. The van der Waals surface area contributed by atoms with Crippen LogP contribution in [0.1, 0.15) is 16.8 Å². The summed E-state index contributed by atoms with van der Waals surface area (Å²) in [6.45, 7) is 0.308. The third kappa shape index (κ3) is 3.68. The summed E-state index contributed by atoms with van der Waals surface area (Å²) in [6, 6.07) is 9.53. The van der Waals surface area contributed by atoms with E-state index in [0.29, 0.717) is 12.1 Å². The Bertz CT molecular complexity index is 622. The van der Waals surface area contributed by atoms with Crippen molar-refractivity contribution in [3.63, 3.8) is 0 Å². The number of benzene rings is 1. The van der Waals surface area contributed by atoms with Crippen LogP contribution in [0.3, 0.4) is 0 Å². The minimum Gasteiger partial charge on any atom is -0.469 e. The zero-order valence-corrected chi connectivity index (χ0v) is 12.0. The largest absolute Gasteiger partial charge is 0.469 e. The molecule has 0 radical (unpaired) electrons. The Balaban J connectivity index is 2.03. The van der Waals surface area contributed by atoms with Crippen LogP contribution < -0.4 is 0 Å². The van der Waals surface area contributed by atoms with E-state index in [1.54, 1.807) is 17.9 Å². The zero-order chi connectivity index (χ0) is 15.2. The summed E-state index contributed by atoms with van der Waals surface area (Å²) < 4.78 is 6.19. The first-order valence-electron chi connectivity index (χ1n) is 6.54. The molecule has 0 bridgehead atoms. The number of para-hydroxylation sites is 1. The van der Waals surface area contributed by atoms with Gasteiger partial charge in [0.1, 0.15) is 0 Å². The van der Waals surface area contributed by atoms with Crippen molar-refractivity contribution in [1.82, 2.24) is 14.7 Å². The predicted octanol–water partition coefficient (Wildman–Crippen LogP) is 1.51. The molecule has 6 nitrogen and oxygen atoms in total. The SMILES string of the molecule is COC(=O)CCN(C)C(=O)c1cnn(-c2ccccc2)c1. The van der Waals surface area contributed by atoms with Gasteiger partial charge in [0.05, 0.1) is 31.0 Å². The summed E-state index contributed by atoms with van der Waals surface area (Å²) in [4.78, 5) is 24.8. The summed E-state index contributed by atoms with van der Waals surface area (Å²) in [7, 11) is 2.97. The molecule has 1 aromatic heterocycles. The van der Waals surface area contributed by atoms with E-state index < -0.39 is 0 Å². The van der Waals surface area contributed by atoms with Gasteiger partial charge in [-0.2, -0.15) is 5.10 Å². The topological polar surface area (TPSA) is 64.4 Å². The lowest BCUT2D eigenvalue weighted by Gasteiger charge is -2.15. The van der Waals surface area contributed by atoms with Crippen LogP contribution in [0.15, 0.2) is 42.7 Å². The second-order valence-electron chi connectivity index (χ2n) is 4.56. The molecule has 1 aromatic carbocycles. The van der Waals surface area contributed by atoms with Crippen molar-refractivity contribution in [2.45, 2.75) is 6.42 Å². The maximum atomic E-state index is 12.2. The second-order valence-corrected chi connectivity index (χ2v) is 4.56. The number of aromatic nitrogens is 2. The molecule has 6 heteroatoms. The Morgan fingerprint density at radius 1 is 1.29 bits per heavy atom. The maximum Gasteiger partial charge on any atom is 0.307 e. The lowest BCUT2D eigenvalue weighted by molar-refractivity contribution is -0.140. The fraction of sp³-hybridized carbons (Fsp3) is 0.267. The van der Waals surface area contributed by atoms with Gasteiger partial charge in [0.2, 0.25) is 0 Å². The summed E-state index contributed by atoms with van der Waals surface area (Å²) in [5.74, 6) is -0.518. The highest BCUT2D eigenvalue weighted by Gasteiger charge is 2.15. The molecule has 1 amide bonds. The van der Waals surface area contributed by atoms with Gasteiger partial charge in [-0.05, 0) is 12.1 Å². The molecule has 2 aromatic rings. The number of hydrogen-bond donors (Lipinski definition) is 0. The Morgan fingerprint density at radius 2 is 2.00 bits per heavy atom. The number of carbonyl (C=O) groups is 2. The van der Waals surface area contributed by atoms with Crippen LogP contribution in [0.5, 0.6) is 0 Å². The summed E-state index contributed by atoms with van der Waals surface area (Å²) >= 11 is 0. The molecular weight excluding hydrogens is 270 g/mol. The molecule has 0 spiro atoms. The molecule has 0 unspecified atom stereocenters. The number of amides is 1. The van der Waals surface area contributed by atoms with Crippen molar-refractivity contribution in [3.8, 4) is 5.69 Å². The molecule has 0 aliphatic heterocycles. The van der Waals surface area contributed by atoms with Gasteiger partial charge in [0.15, 0.2) is 0 Å². The third-order valence-electron chi connectivity index (χ3n) is 3.08. The zero-order valence-electron chi connectivity index (χ0n) is 12.0. The highest BCUT2D eigenvalue weighted by molar-refractivity contribution is 5.93. The van der Waals surface area contributed by atoms with E-state index >= 15 is 0 Å². The van der Waals surface area contributed by atoms with Crippen molar-refractivity contribution in [2.24, 2.45) is 0 Å². The lowest BCUT2D eigenvalue weighted by Crippen LogP contribution is -2.29. The van der Waals surface area contributed by atoms with Crippen LogP contribution in [-0.2, 0) is 9.53 Å². The molecule has 0 N–H and O–H groups in total. The van der Waals surface area contributed by atoms with Crippen LogP contribution in [0, 0.1) is 0 Å². The third-order valence-corrected chi connectivity index (χ3v) is 3.08. The number of methoxy groups -OCH3 is 1. The van der Waals surface area contributed by atoms with Crippen LogP contribution >= 0.6 is 0 Å². The van der Waals surface area contributed by atoms with Gasteiger partial charge in [-0.1, -0.05) is 18.2 Å². The van der Waals surface area contributed by atoms with Gasteiger partial charge in [0.25, 0.3) is 5.91 Å². The van der Waals surface area contributed by atoms with Crippen LogP contribution in [-0.4, -0.2) is 47.3 Å². The van der Waals surface area contributed by atoms with Gasteiger partial charge in [0, 0.05) is 19.8 Å². The van der Waals surface area contributed by atoms with Crippen molar-refractivity contribution in [2.75, 3.05) is 20.7 Å². The van der Waals surface area contributed by atoms with Gasteiger partial charge >= 0.3 is 5.97 Å². The minimum atomic E-state index is -0.338. The van der Waals surface area contributed by atoms with E-state index in [-0.39, 0.29) is 18.3 Å². The number of esters is 1. The molecule has 2 rings (SSSR count). The van der Waals surface area contributed by atoms with Crippen molar-refractivity contribution < 1.29 is 14.3 Å². The van der Waals surface area contributed by atoms with Crippen LogP contribution in [0.25, 0.3) is 5.69 Å². The number of hydrogen-bond acceptors (Lipinski definition) is 4. The summed E-state index contributed by atoms with van der Waals surface area (Å²) in [6.07, 6.45) is 3.36. The average Bonchev–Trinajstić information content (AvgIpc) is 3.02. The lowest BCUT2D eigenvalue weighted by atomic mass is 10.3. The number of carbonyl (C=O) groups excluding carboxylic acids is 2. The average molecular weight is 287 g/mol. The molecule has 21 heavy (non-hydrogen) atoms. The minimum absolute atomic E-state index is 0.172. The smallest absolute Gasteiger partial charge is 0.307 e. The van der Waals surface area contributed by atoms with E-state index in [4.69, 9.17) is 0 Å². The monoisotopic (exact) mass is 287 g/mol. The van der Waals surface area contributed by atoms with Gasteiger partial charge in [-0.25, -0.2) is 4.68 Å². The molecule has 0 saturated carbocycles. The Labute approximate surface area is 122 Å². The van der Waals surface area contributed by atoms with E-state index in [2.05, 4.69) is 9.84 Å². The highest BCUT2D eigenvalue weighted by atomic mass is 16.5. The van der Waals surface area contributed by atoms with Gasteiger partial charge in [-0.15, -0.1) is 0 Å². The molecule has 0 aliphatic carbocycles. The standard InChI is InChI=1S/C15H17N3O3/c1-17(9-8-14(19)21-2)15(20)12-10-16-18(11-12)13-6-4-3-5-7-13/h3-7,10-11H,8-9H2,1-2H3. The van der Waals surface area contributed by atoms with E-state index in [1.807, 2.05) is 30.3 Å².